The van der Waals surface area contributed by atoms with Gasteiger partial charge in [0.2, 0.25) is 0 Å². The Labute approximate surface area is 185 Å². The number of halogens is 3. The number of nitrogen functional groups attached to an aromatic ring is 2. The van der Waals surface area contributed by atoms with Crippen LogP contribution < -0.4 is 21.3 Å². The summed E-state index contributed by atoms with van der Waals surface area (Å²) in [6.07, 6.45) is 0.506. The maximum absolute atomic E-state index is 6.58. The molecule has 0 amide bonds. The molecule has 0 atom stereocenters. The Morgan fingerprint density at radius 3 is 1.25 bits per heavy atom. The van der Waals surface area contributed by atoms with Gasteiger partial charge in [-0.15, -0.1) is 12.4 Å². The van der Waals surface area contributed by atoms with Gasteiger partial charge in [-0.3, -0.25) is 0 Å². The minimum Gasteiger partial charge on any atom is -0.398 e. The summed E-state index contributed by atoms with van der Waals surface area (Å²) in [6.45, 7) is 12.0. The summed E-state index contributed by atoms with van der Waals surface area (Å²) in [7, 11) is 0. The molecule has 7 heteroatoms. The summed E-state index contributed by atoms with van der Waals surface area (Å²) in [6, 6.07) is 7.88. The van der Waals surface area contributed by atoms with E-state index in [2.05, 4.69) is 37.5 Å². The van der Waals surface area contributed by atoms with Crippen LogP contribution in [-0.4, -0.2) is 26.2 Å². The summed E-state index contributed by atoms with van der Waals surface area (Å²) < 4.78 is 0. The van der Waals surface area contributed by atoms with E-state index in [1.807, 2.05) is 24.3 Å². The van der Waals surface area contributed by atoms with Crippen LogP contribution in [0, 0.1) is 0 Å². The molecule has 0 spiro atoms. The molecule has 0 aromatic heterocycles. The Balaban J connectivity index is 0.00000392. The van der Waals surface area contributed by atoms with E-state index in [0.717, 1.165) is 48.7 Å². The van der Waals surface area contributed by atoms with Gasteiger partial charge >= 0.3 is 0 Å². The van der Waals surface area contributed by atoms with E-state index in [1.165, 1.54) is 0 Å². The number of anilines is 4. The van der Waals surface area contributed by atoms with Crippen molar-refractivity contribution < 1.29 is 0 Å². The van der Waals surface area contributed by atoms with Crippen LogP contribution in [0.1, 0.15) is 38.8 Å². The van der Waals surface area contributed by atoms with Crippen molar-refractivity contribution in [3.8, 4) is 0 Å². The fourth-order valence-electron chi connectivity index (χ4n) is 3.38. The Hall–Kier alpha value is -1.49. The molecule has 28 heavy (non-hydrogen) atoms. The number of benzene rings is 2. The topological polar surface area (TPSA) is 58.5 Å². The molecule has 0 saturated carbocycles. The average Bonchev–Trinajstić information content (AvgIpc) is 2.62. The predicted molar refractivity (Wildman–Crippen MR) is 129 cm³/mol. The van der Waals surface area contributed by atoms with Gasteiger partial charge < -0.3 is 21.3 Å². The monoisotopic (exact) mass is 444 g/mol. The molecule has 2 rings (SSSR count). The third kappa shape index (κ3) is 5.31. The second-order valence-electron chi connectivity index (χ2n) is 6.51. The first-order chi connectivity index (χ1) is 12.9. The molecule has 2 aromatic carbocycles. The first kappa shape index (κ1) is 24.5. The van der Waals surface area contributed by atoms with Gasteiger partial charge in [-0.1, -0.05) is 23.2 Å². The second kappa shape index (κ2) is 10.9. The Kier molecular flexibility index (Phi) is 9.55. The predicted octanol–water partition coefficient (Wildman–Crippen LogP) is 5.86. The fraction of sp³-hybridized carbons (Fsp3) is 0.429. The summed E-state index contributed by atoms with van der Waals surface area (Å²) in [5.74, 6) is 0. The van der Waals surface area contributed by atoms with Crippen LogP contribution in [0.25, 0.3) is 0 Å². The van der Waals surface area contributed by atoms with Crippen molar-refractivity contribution in [2.24, 2.45) is 0 Å². The van der Waals surface area contributed by atoms with Crippen LogP contribution >= 0.6 is 35.6 Å². The first-order valence-electron chi connectivity index (χ1n) is 9.51. The molecular weight excluding hydrogens is 415 g/mol. The Bertz CT molecular complexity index is 676. The SMILES string of the molecule is CCN(CC)c1cc(N)c(Cc2c(N)cc(N(CC)CC)cc2Cl)c(Cl)c1.Cl. The highest BCUT2D eigenvalue weighted by atomic mass is 35.5. The highest BCUT2D eigenvalue weighted by Gasteiger charge is 2.16. The number of hydrogen-bond acceptors (Lipinski definition) is 4. The molecule has 0 unspecified atom stereocenters. The van der Waals surface area contributed by atoms with E-state index in [-0.39, 0.29) is 12.4 Å². The third-order valence-corrected chi connectivity index (χ3v) is 5.71. The Morgan fingerprint density at radius 1 is 0.679 bits per heavy atom. The zero-order valence-electron chi connectivity index (χ0n) is 17.1. The van der Waals surface area contributed by atoms with Crippen LogP contribution in [0.2, 0.25) is 10.0 Å². The molecule has 0 radical (unpaired) electrons. The van der Waals surface area contributed by atoms with Gasteiger partial charge in [-0.25, -0.2) is 0 Å². The average molecular weight is 446 g/mol. The highest BCUT2D eigenvalue weighted by Crippen LogP contribution is 2.36. The van der Waals surface area contributed by atoms with Crippen molar-refractivity contribution in [2.75, 3.05) is 47.4 Å². The van der Waals surface area contributed by atoms with Crippen LogP contribution in [0.15, 0.2) is 24.3 Å². The van der Waals surface area contributed by atoms with Crippen molar-refractivity contribution in [3.05, 3.63) is 45.4 Å². The lowest BCUT2D eigenvalue weighted by molar-refractivity contribution is 0.865. The van der Waals surface area contributed by atoms with E-state index in [1.54, 1.807) is 0 Å². The molecule has 0 bridgehead atoms. The molecule has 0 aliphatic carbocycles. The van der Waals surface area contributed by atoms with Crippen molar-refractivity contribution >= 4 is 58.4 Å². The van der Waals surface area contributed by atoms with Crippen LogP contribution in [-0.2, 0) is 6.42 Å². The van der Waals surface area contributed by atoms with Gasteiger partial charge in [0.25, 0.3) is 0 Å². The molecule has 0 aliphatic heterocycles. The maximum Gasteiger partial charge on any atom is 0.0482 e. The van der Waals surface area contributed by atoms with Crippen molar-refractivity contribution in [3.63, 3.8) is 0 Å². The zero-order chi connectivity index (χ0) is 20.1. The molecule has 0 fully saturated rings. The van der Waals surface area contributed by atoms with Gasteiger partial charge in [-0.05, 0) is 63.1 Å². The zero-order valence-corrected chi connectivity index (χ0v) is 19.4. The van der Waals surface area contributed by atoms with Crippen LogP contribution in [0.5, 0.6) is 0 Å². The smallest absolute Gasteiger partial charge is 0.0482 e. The molecular formula is C21H31Cl3N4. The van der Waals surface area contributed by atoms with E-state index < -0.39 is 0 Å². The van der Waals surface area contributed by atoms with Crippen LogP contribution in [0.3, 0.4) is 0 Å². The molecule has 0 saturated heterocycles. The van der Waals surface area contributed by atoms with Crippen LogP contribution in [0.4, 0.5) is 22.7 Å². The number of nitrogens with zero attached hydrogens (tertiary/aromatic N) is 2. The largest absolute Gasteiger partial charge is 0.398 e. The number of hydrogen-bond donors (Lipinski definition) is 2. The molecule has 4 N–H and O–H groups in total. The minimum atomic E-state index is 0. The number of nitrogens with two attached hydrogens (primary N) is 2. The number of rotatable bonds is 8. The summed E-state index contributed by atoms with van der Waals surface area (Å²) >= 11 is 13.2. The molecule has 0 aliphatic rings. The lowest BCUT2D eigenvalue weighted by Crippen LogP contribution is -2.22. The molecule has 4 nitrogen and oxygen atoms in total. The van der Waals surface area contributed by atoms with Gasteiger partial charge in [0.05, 0.1) is 0 Å². The van der Waals surface area contributed by atoms with Gasteiger partial charge in [0.15, 0.2) is 0 Å². The summed E-state index contributed by atoms with van der Waals surface area (Å²) in [4.78, 5) is 4.43. The highest BCUT2D eigenvalue weighted by molar-refractivity contribution is 6.33. The molecule has 2 aromatic rings. The first-order valence-corrected chi connectivity index (χ1v) is 10.3. The van der Waals surface area contributed by atoms with E-state index in [9.17, 15) is 0 Å². The fourth-order valence-corrected chi connectivity index (χ4v) is 3.95. The minimum absolute atomic E-state index is 0. The van der Waals surface area contributed by atoms with Gasteiger partial charge in [0, 0.05) is 65.4 Å². The van der Waals surface area contributed by atoms with Gasteiger partial charge in [-0.2, -0.15) is 0 Å². The maximum atomic E-state index is 6.58. The lowest BCUT2D eigenvalue weighted by Gasteiger charge is -2.24. The summed E-state index contributed by atoms with van der Waals surface area (Å²) in [5.41, 5.74) is 17.8. The lowest BCUT2D eigenvalue weighted by atomic mass is 10.00. The van der Waals surface area contributed by atoms with Crippen molar-refractivity contribution in [1.29, 1.82) is 0 Å². The summed E-state index contributed by atoms with van der Waals surface area (Å²) in [5, 5.41) is 1.28. The standard InChI is InChI=1S/C21H30Cl2N4.ClH/c1-5-26(6-2)14-9-18(22)16(20(24)11-14)13-17-19(23)10-15(12-21(17)25)27(7-3)8-4;/h9-12H,5-8,13,24-25H2,1-4H3;1H. The quantitative estimate of drug-likeness (QED) is 0.499. The molecule has 156 valence electrons. The molecule has 0 heterocycles. The van der Waals surface area contributed by atoms with Crippen molar-refractivity contribution in [2.45, 2.75) is 34.1 Å². The van der Waals surface area contributed by atoms with E-state index in [4.69, 9.17) is 34.7 Å². The Morgan fingerprint density at radius 2 is 1.00 bits per heavy atom. The second-order valence-corrected chi connectivity index (χ2v) is 7.33. The normalized spacial score (nSPS) is 10.5. The van der Waals surface area contributed by atoms with Crippen molar-refractivity contribution in [1.82, 2.24) is 0 Å². The van der Waals surface area contributed by atoms with E-state index >= 15 is 0 Å². The van der Waals surface area contributed by atoms with Gasteiger partial charge in [0.1, 0.15) is 0 Å². The van der Waals surface area contributed by atoms with E-state index in [0.29, 0.717) is 27.8 Å². The third-order valence-electron chi connectivity index (χ3n) is 5.04.